The SMILES string of the molecule is CC(C)(C)OC(=O)NCCCc1cn(-c2ccc(OC[C@@H](O[Si](C)(C)C(C)(C)C)C(=O)OC(C)(C)C)cn2)cn1. The van der Waals surface area contributed by atoms with E-state index in [-0.39, 0.29) is 11.6 Å². The smallest absolute Gasteiger partial charge is 0.407 e. The number of nitrogens with one attached hydrogen (secondary N) is 1. The lowest BCUT2D eigenvalue weighted by Crippen LogP contribution is -2.49. The van der Waals surface area contributed by atoms with Gasteiger partial charge in [-0.3, -0.25) is 4.57 Å². The lowest BCUT2D eigenvalue weighted by atomic mass is 10.2. The largest absolute Gasteiger partial charge is 0.489 e. The van der Waals surface area contributed by atoms with Gasteiger partial charge in [0.1, 0.15) is 35.7 Å². The second-order valence-electron chi connectivity index (χ2n) is 13.4. The average Bonchev–Trinajstić information content (AvgIpc) is 3.25. The highest BCUT2D eigenvalue weighted by Gasteiger charge is 2.42. The van der Waals surface area contributed by atoms with Gasteiger partial charge in [-0.05, 0) is 84.6 Å². The molecule has 0 unspecified atom stereocenters. The van der Waals surface area contributed by atoms with Gasteiger partial charge in [-0.15, -0.1) is 0 Å². The third-order valence-corrected chi connectivity index (χ3v) is 10.7. The van der Waals surface area contributed by atoms with Crippen LogP contribution in [0.25, 0.3) is 5.82 Å². The van der Waals surface area contributed by atoms with Crippen molar-refractivity contribution >= 4 is 20.4 Å². The van der Waals surface area contributed by atoms with Gasteiger partial charge < -0.3 is 24.0 Å². The number of aryl methyl sites for hydroxylation is 1. The van der Waals surface area contributed by atoms with Crippen LogP contribution in [0.2, 0.25) is 18.1 Å². The first kappa shape index (κ1) is 33.3. The van der Waals surface area contributed by atoms with Crippen molar-refractivity contribution in [3.05, 3.63) is 36.5 Å². The summed E-state index contributed by atoms with van der Waals surface area (Å²) in [6.07, 6.45) is 5.37. The number of imidazole rings is 1. The van der Waals surface area contributed by atoms with Crippen LogP contribution in [0.3, 0.4) is 0 Å². The van der Waals surface area contributed by atoms with E-state index < -0.39 is 37.7 Å². The molecule has 224 valence electrons. The van der Waals surface area contributed by atoms with E-state index in [1.54, 1.807) is 18.6 Å². The molecule has 0 bridgehead atoms. The Labute approximate surface area is 240 Å². The van der Waals surface area contributed by atoms with Crippen LogP contribution in [0.4, 0.5) is 4.79 Å². The highest BCUT2D eigenvalue weighted by molar-refractivity contribution is 6.74. The molecule has 0 radical (unpaired) electrons. The Bertz CT molecular complexity index is 1110. The second-order valence-corrected chi connectivity index (χ2v) is 18.1. The lowest BCUT2D eigenvalue weighted by Gasteiger charge is -2.38. The van der Waals surface area contributed by atoms with E-state index in [9.17, 15) is 9.59 Å². The molecule has 1 amide bonds. The number of hydrogen-bond donors (Lipinski definition) is 1. The molecule has 2 aromatic heterocycles. The molecule has 0 aromatic carbocycles. The summed E-state index contributed by atoms with van der Waals surface area (Å²) in [5, 5.41) is 2.68. The normalized spacial score (nSPS) is 13.5. The number of pyridine rings is 1. The molecule has 0 aliphatic carbocycles. The number of carbonyl (C=O) groups is 2. The van der Waals surface area contributed by atoms with E-state index >= 15 is 0 Å². The Morgan fingerprint density at radius 2 is 1.62 bits per heavy atom. The molecule has 1 atom stereocenters. The van der Waals surface area contributed by atoms with Crippen molar-refractivity contribution in [3.63, 3.8) is 0 Å². The minimum Gasteiger partial charge on any atom is -0.489 e. The second kappa shape index (κ2) is 13.2. The molecule has 11 heteroatoms. The van der Waals surface area contributed by atoms with Gasteiger partial charge in [0.25, 0.3) is 0 Å². The molecule has 2 heterocycles. The number of ether oxygens (including phenoxy) is 3. The van der Waals surface area contributed by atoms with Crippen LogP contribution >= 0.6 is 0 Å². The van der Waals surface area contributed by atoms with Crippen molar-refractivity contribution in [2.75, 3.05) is 13.2 Å². The number of alkyl carbamates (subject to hydrolysis) is 1. The van der Waals surface area contributed by atoms with E-state index in [1.165, 1.54) is 0 Å². The zero-order valence-corrected chi connectivity index (χ0v) is 27.1. The Morgan fingerprint density at radius 3 is 2.17 bits per heavy atom. The summed E-state index contributed by atoms with van der Waals surface area (Å²) >= 11 is 0. The predicted octanol–water partition coefficient (Wildman–Crippen LogP) is 5.84. The molecule has 0 aliphatic heterocycles. The zero-order chi connectivity index (χ0) is 30.4. The third kappa shape index (κ3) is 11.3. The van der Waals surface area contributed by atoms with Crippen molar-refractivity contribution < 1.29 is 28.2 Å². The molecule has 0 spiro atoms. The summed E-state index contributed by atoms with van der Waals surface area (Å²) in [6, 6.07) is 3.62. The molecule has 0 saturated heterocycles. The van der Waals surface area contributed by atoms with Crippen LogP contribution in [0, 0.1) is 0 Å². The van der Waals surface area contributed by atoms with Crippen molar-refractivity contribution in [3.8, 4) is 11.6 Å². The van der Waals surface area contributed by atoms with Crippen molar-refractivity contribution in [2.45, 2.75) is 111 Å². The highest BCUT2D eigenvalue weighted by atomic mass is 28.4. The number of amides is 1. The van der Waals surface area contributed by atoms with Crippen LogP contribution in [0.5, 0.6) is 5.75 Å². The minimum absolute atomic E-state index is 0.0228. The Morgan fingerprint density at radius 1 is 0.975 bits per heavy atom. The topological polar surface area (TPSA) is 114 Å². The number of rotatable bonds is 11. The van der Waals surface area contributed by atoms with Crippen molar-refractivity contribution in [1.29, 1.82) is 0 Å². The third-order valence-electron chi connectivity index (χ3n) is 6.21. The maximum absolute atomic E-state index is 13.0. The van der Waals surface area contributed by atoms with Crippen LogP contribution in [0.1, 0.15) is 74.4 Å². The summed E-state index contributed by atoms with van der Waals surface area (Å²) in [5.41, 5.74) is -0.265. The van der Waals surface area contributed by atoms with E-state index in [0.29, 0.717) is 24.5 Å². The van der Waals surface area contributed by atoms with E-state index in [0.717, 1.165) is 12.1 Å². The Kier molecular flexibility index (Phi) is 11.0. The average molecular weight is 577 g/mol. The number of aromatic nitrogens is 3. The molecular weight excluding hydrogens is 528 g/mol. The number of carbonyl (C=O) groups excluding carboxylic acids is 2. The van der Waals surface area contributed by atoms with Crippen LogP contribution in [0.15, 0.2) is 30.9 Å². The molecular formula is C29H48N4O6Si. The summed E-state index contributed by atoms with van der Waals surface area (Å²) < 4.78 is 25.0. The van der Waals surface area contributed by atoms with Crippen LogP contribution in [-0.2, 0) is 25.1 Å². The zero-order valence-electron chi connectivity index (χ0n) is 26.1. The van der Waals surface area contributed by atoms with Gasteiger partial charge in [0, 0.05) is 12.7 Å². The maximum Gasteiger partial charge on any atom is 0.407 e. The quantitative estimate of drug-likeness (QED) is 0.202. The predicted molar refractivity (Wildman–Crippen MR) is 157 cm³/mol. The van der Waals surface area contributed by atoms with Gasteiger partial charge in [-0.1, -0.05) is 20.8 Å². The number of esters is 1. The van der Waals surface area contributed by atoms with Gasteiger partial charge >= 0.3 is 12.1 Å². The van der Waals surface area contributed by atoms with E-state index in [2.05, 4.69) is 49.1 Å². The molecule has 0 aliphatic rings. The summed E-state index contributed by atoms with van der Waals surface area (Å²) in [6.45, 7) is 22.1. The number of nitrogens with zero attached hydrogens (tertiary/aromatic N) is 3. The minimum atomic E-state index is -2.26. The fraction of sp³-hybridized carbons (Fsp3) is 0.655. The summed E-state index contributed by atoms with van der Waals surface area (Å²) in [5.74, 6) is 0.762. The molecule has 10 nitrogen and oxygen atoms in total. The van der Waals surface area contributed by atoms with Crippen LogP contribution in [-0.4, -0.2) is 65.4 Å². The Hall–Kier alpha value is -2.92. The molecule has 0 saturated carbocycles. The van der Waals surface area contributed by atoms with Gasteiger partial charge in [0.15, 0.2) is 14.4 Å². The lowest BCUT2D eigenvalue weighted by molar-refractivity contribution is -0.165. The molecule has 40 heavy (non-hydrogen) atoms. The van der Waals surface area contributed by atoms with Crippen LogP contribution < -0.4 is 10.1 Å². The fourth-order valence-corrected chi connectivity index (χ4v) is 4.45. The Balaban J connectivity index is 1.96. The molecule has 1 N–H and O–H groups in total. The van der Waals surface area contributed by atoms with Crippen molar-refractivity contribution in [2.24, 2.45) is 0 Å². The van der Waals surface area contributed by atoms with E-state index in [4.69, 9.17) is 18.6 Å². The standard InChI is InChI=1S/C29H48N4O6Si/c1-27(2,3)37-25(34)23(39-40(10,11)29(7,8)9)19-36-22-14-15-24(31-17-22)33-18-21(32-20-33)13-12-16-30-26(35)38-28(4,5)6/h14-15,17-18,20,23H,12-13,16,19H2,1-11H3,(H,30,35)/t23-/m1/s1. The molecule has 2 rings (SSSR count). The van der Waals surface area contributed by atoms with Crippen molar-refractivity contribution in [1.82, 2.24) is 19.9 Å². The van der Waals surface area contributed by atoms with E-state index in [1.807, 2.05) is 58.4 Å². The maximum atomic E-state index is 13.0. The summed E-state index contributed by atoms with van der Waals surface area (Å²) in [4.78, 5) is 33.6. The van der Waals surface area contributed by atoms with Gasteiger partial charge in [-0.2, -0.15) is 0 Å². The first-order chi connectivity index (χ1) is 18.3. The monoisotopic (exact) mass is 576 g/mol. The number of hydrogen-bond acceptors (Lipinski definition) is 8. The van der Waals surface area contributed by atoms with Gasteiger partial charge in [-0.25, -0.2) is 19.6 Å². The summed E-state index contributed by atoms with van der Waals surface area (Å²) in [7, 11) is -2.26. The fourth-order valence-electron chi connectivity index (χ4n) is 3.22. The first-order valence-corrected chi connectivity index (χ1v) is 16.7. The first-order valence-electron chi connectivity index (χ1n) is 13.8. The van der Waals surface area contributed by atoms with Gasteiger partial charge in [0.05, 0.1) is 11.9 Å². The highest BCUT2D eigenvalue weighted by Crippen LogP contribution is 2.37. The van der Waals surface area contributed by atoms with Gasteiger partial charge in [0.2, 0.25) is 0 Å². The molecule has 0 fully saturated rings. The molecule has 2 aromatic rings.